The number of rotatable bonds is 4. The van der Waals surface area contributed by atoms with E-state index in [0.29, 0.717) is 42.4 Å². The van der Waals surface area contributed by atoms with Gasteiger partial charge in [-0.3, -0.25) is 4.79 Å². The summed E-state index contributed by atoms with van der Waals surface area (Å²) in [4.78, 5) is 26.9. The maximum Gasteiger partial charge on any atom is 0.416 e. The van der Waals surface area contributed by atoms with Crippen molar-refractivity contribution in [1.29, 1.82) is 0 Å². The SMILES string of the molecule is Cc1ccccc1-c1nc(N2CCSCC2)nc2c1C(=O)N(Cc1cc(C(F)(F)F)cc(C(F)(F)F)c1)C[C@H](C)CO2. The average Bonchev–Trinajstić information content (AvgIpc) is 2.94. The minimum absolute atomic E-state index is 0.0226. The molecule has 1 aromatic heterocycles. The Morgan fingerprint density at radius 3 is 2.24 bits per heavy atom. The summed E-state index contributed by atoms with van der Waals surface area (Å²) in [5.74, 6) is 1.26. The van der Waals surface area contributed by atoms with Gasteiger partial charge in [0.25, 0.3) is 5.91 Å². The monoisotopic (exact) mass is 610 g/mol. The van der Waals surface area contributed by atoms with E-state index in [2.05, 4.69) is 4.98 Å². The Labute approximate surface area is 243 Å². The number of thioether (sulfide) groups is 1. The number of alkyl halides is 6. The molecule has 3 aromatic rings. The van der Waals surface area contributed by atoms with Crippen LogP contribution >= 0.6 is 11.8 Å². The molecule has 1 atom stereocenters. The first kappa shape index (κ1) is 30.0. The lowest BCUT2D eigenvalue weighted by Gasteiger charge is -2.32. The Kier molecular flexibility index (Phi) is 8.32. The number of anilines is 1. The highest BCUT2D eigenvalue weighted by molar-refractivity contribution is 7.99. The number of aromatic nitrogens is 2. The summed E-state index contributed by atoms with van der Waals surface area (Å²) >= 11 is 1.81. The summed E-state index contributed by atoms with van der Waals surface area (Å²) in [6.07, 6.45) is -10.0. The molecule has 42 heavy (non-hydrogen) atoms. The third-order valence-corrected chi connectivity index (χ3v) is 8.06. The van der Waals surface area contributed by atoms with E-state index >= 15 is 0 Å². The number of amides is 1. The van der Waals surface area contributed by atoms with Gasteiger partial charge in [0, 0.05) is 49.2 Å². The molecular weight excluding hydrogens is 582 g/mol. The van der Waals surface area contributed by atoms with E-state index in [9.17, 15) is 31.1 Å². The first-order chi connectivity index (χ1) is 19.8. The molecule has 1 fully saturated rings. The summed E-state index contributed by atoms with van der Waals surface area (Å²) in [6.45, 7) is 4.73. The second-order valence-corrected chi connectivity index (χ2v) is 11.7. The maximum atomic E-state index is 14.2. The maximum absolute atomic E-state index is 14.2. The van der Waals surface area contributed by atoms with Gasteiger partial charge in [-0.05, 0) is 36.2 Å². The summed E-state index contributed by atoms with van der Waals surface area (Å²) < 4.78 is 87.4. The van der Waals surface area contributed by atoms with Crippen molar-refractivity contribution >= 4 is 23.6 Å². The normalized spacial score (nSPS) is 18.3. The molecule has 0 aliphatic carbocycles. The number of benzene rings is 2. The summed E-state index contributed by atoms with van der Waals surface area (Å²) in [7, 11) is 0. The van der Waals surface area contributed by atoms with Gasteiger partial charge >= 0.3 is 12.4 Å². The number of hydrogen-bond donors (Lipinski definition) is 0. The first-order valence-electron chi connectivity index (χ1n) is 13.3. The van der Waals surface area contributed by atoms with Gasteiger partial charge in [-0.15, -0.1) is 0 Å². The van der Waals surface area contributed by atoms with Crippen LogP contribution in [0.2, 0.25) is 0 Å². The number of carbonyl (C=O) groups is 1. The van der Waals surface area contributed by atoms with Crippen LogP contribution < -0.4 is 9.64 Å². The number of nitrogens with zero attached hydrogens (tertiary/aromatic N) is 4. The molecule has 0 bridgehead atoms. The third-order valence-electron chi connectivity index (χ3n) is 7.12. The summed E-state index contributed by atoms with van der Waals surface area (Å²) in [5.41, 5.74) is -1.37. The highest BCUT2D eigenvalue weighted by atomic mass is 32.2. The fourth-order valence-corrected chi connectivity index (χ4v) is 5.93. The van der Waals surface area contributed by atoms with E-state index in [4.69, 9.17) is 9.72 Å². The van der Waals surface area contributed by atoms with E-state index in [1.54, 1.807) is 19.1 Å². The third kappa shape index (κ3) is 6.45. The van der Waals surface area contributed by atoms with Crippen molar-refractivity contribution < 1.29 is 35.9 Å². The van der Waals surface area contributed by atoms with Crippen LogP contribution in [0.15, 0.2) is 42.5 Å². The molecule has 13 heteroatoms. The van der Waals surface area contributed by atoms with Crippen molar-refractivity contribution in [1.82, 2.24) is 14.9 Å². The van der Waals surface area contributed by atoms with Gasteiger partial charge in [-0.2, -0.15) is 43.1 Å². The van der Waals surface area contributed by atoms with Crippen LogP contribution in [0.25, 0.3) is 11.3 Å². The van der Waals surface area contributed by atoms with Crippen molar-refractivity contribution in [3.63, 3.8) is 0 Å². The molecule has 5 rings (SSSR count). The van der Waals surface area contributed by atoms with Gasteiger partial charge in [-0.25, -0.2) is 4.98 Å². The Balaban J connectivity index is 1.63. The van der Waals surface area contributed by atoms with Crippen molar-refractivity contribution in [2.45, 2.75) is 32.7 Å². The Bertz CT molecular complexity index is 1440. The number of carbonyl (C=O) groups excluding carboxylic acids is 1. The van der Waals surface area contributed by atoms with Gasteiger partial charge in [0.2, 0.25) is 11.8 Å². The quantitative estimate of drug-likeness (QED) is 0.306. The molecule has 0 radical (unpaired) electrons. The van der Waals surface area contributed by atoms with Gasteiger partial charge in [-0.1, -0.05) is 31.2 Å². The Morgan fingerprint density at radius 1 is 0.976 bits per heavy atom. The zero-order valence-corrected chi connectivity index (χ0v) is 23.7. The highest BCUT2D eigenvalue weighted by Gasteiger charge is 2.38. The zero-order chi connectivity index (χ0) is 30.2. The van der Waals surface area contributed by atoms with Crippen LogP contribution in [0, 0.1) is 12.8 Å². The second-order valence-electron chi connectivity index (χ2n) is 10.5. The Hall–Kier alpha value is -3.48. The van der Waals surface area contributed by atoms with Crippen molar-refractivity contribution in [2.24, 2.45) is 5.92 Å². The number of fused-ring (bicyclic) bond motifs is 1. The van der Waals surface area contributed by atoms with Crippen LogP contribution in [0.4, 0.5) is 32.3 Å². The predicted octanol–water partition coefficient (Wildman–Crippen LogP) is 6.71. The molecule has 0 N–H and O–H groups in total. The molecule has 2 aromatic carbocycles. The van der Waals surface area contributed by atoms with Gasteiger partial charge in [0.05, 0.1) is 23.4 Å². The number of ether oxygens (including phenoxy) is 1. The minimum Gasteiger partial charge on any atom is -0.477 e. The minimum atomic E-state index is -5.00. The van der Waals surface area contributed by atoms with E-state index < -0.39 is 35.9 Å². The average molecular weight is 611 g/mol. The zero-order valence-electron chi connectivity index (χ0n) is 22.8. The van der Waals surface area contributed by atoms with Crippen molar-refractivity contribution in [2.75, 3.05) is 42.6 Å². The standard InChI is InChI=1S/C29H28F6N4O2S/c1-17-14-39(15-19-11-20(28(30,31)32)13-21(12-19)29(33,34)35)26(40)23-24(22-6-4-3-5-18(22)2)36-27(37-25(23)41-16-17)38-7-9-42-10-8-38/h3-6,11-13,17H,7-10,14-16H2,1-2H3/t17-/m0/s1. The fourth-order valence-electron chi connectivity index (χ4n) is 5.02. The van der Waals surface area contributed by atoms with Crippen molar-refractivity contribution in [3.8, 4) is 17.1 Å². The van der Waals surface area contributed by atoms with Crippen LogP contribution in [-0.4, -0.2) is 58.5 Å². The molecule has 2 aliphatic heterocycles. The van der Waals surface area contributed by atoms with Crippen LogP contribution in [0.5, 0.6) is 5.88 Å². The number of halogens is 6. The molecule has 0 saturated carbocycles. The van der Waals surface area contributed by atoms with Gasteiger partial charge in [0.1, 0.15) is 5.56 Å². The lowest BCUT2D eigenvalue weighted by atomic mass is 9.99. The summed E-state index contributed by atoms with van der Waals surface area (Å²) in [6, 6.07) is 8.67. The molecular formula is C29H28F6N4O2S. The summed E-state index contributed by atoms with van der Waals surface area (Å²) in [5, 5.41) is 0. The topological polar surface area (TPSA) is 58.6 Å². The van der Waals surface area contributed by atoms with E-state index in [-0.39, 0.29) is 42.1 Å². The van der Waals surface area contributed by atoms with Crippen LogP contribution in [-0.2, 0) is 18.9 Å². The molecule has 1 amide bonds. The highest BCUT2D eigenvalue weighted by Crippen LogP contribution is 2.38. The van der Waals surface area contributed by atoms with Crippen LogP contribution in [0.3, 0.4) is 0 Å². The van der Waals surface area contributed by atoms with E-state index in [1.165, 1.54) is 4.90 Å². The van der Waals surface area contributed by atoms with E-state index in [0.717, 1.165) is 17.1 Å². The molecule has 1 saturated heterocycles. The number of hydrogen-bond acceptors (Lipinski definition) is 6. The van der Waals surface area contributed by atoms with Gasteiger partial charge in [0.15, 0.2) is 0 Å². The lowest BCUT2D eigenvalue weighted by molar-refractivity contribution is -0.143. The number of aryl methyl sites for hydroxylation is 1. The van der Waals surface area contributed by atoms with Gasteiger partial charge < -0.3 is 14.5 Å². The fraction of sp³-hybridized carbons (Fsp3) is 0.414. The van der Waals surface area contributed by atoms with E-state index in [1.807, 2.05) is 35.7 Å². The van der Waals surface area contributed by atoms with Crippen molar-refractivity contribution in [3.05, 3.63) is 70.3 Å². The van der Waals surface area contributed by atoms with Crippen LogP contribution in [0.1, 0.15) is 39.5 Å². The molecule has 0 unspecified atom stereocenters. The largest absolute Gasteiger partial charge is 0.477 e. The lowest BCUT2D eigenvalue weighted by Crippen LogP contribution is -2.39. The molecule has 2 aliphatic rings. The molecule has 6 nitrogen and oxygen atoms in total. The smallest absolute Gasteiger partial charge is 0.416 e. The molecule has 0 spiro atoms. The molecule has 3 heterocycles. The Morgan fingerprint density at radius 2 is 1.62 bits per heavy atom. The first-order valence-corrected chi connectivity index (χ1v) is 14.5. The predicted molar refractivity (Wildman–Crippen MR) is 148 cm³/mol. The second kappa shape index (κ2) is 11.7. The molecule has 224 valence electrons.